The summed E-state index contributed by atoms with van der Waals surface area (Å²) in [7, 11) is -3.62. The highest BCUT2D eigenvalue weighted by Gasteiger charge is 2.26. The highest BCUT2D eigenvalue weighted by Crippen LogP contribution is 2.34. The van der Waals surface area contributed by atoms with E-state index in [1.54, 1.807) is 17.0 Å². The van der Waals surface area contributed by atoms with Crippen LogP contribution in [0, 0.1) is 6.92 Å². The summed E-state index contributed by atoms with van der Waals surface area (Å²) < 4.78 is 34.3. The van der Waals surface area contributed by atoms with Crippen molar-refractivity contribution in [1.82, 2.24) is 14.2 Å². The van der Waals surface area contributed by atoms with E-state index >= 15 is 0 Å². The first kappa shape index (κ1) is 29.9. The number of amides is 1. The second-order valence-electron chi connectivity index (χ2n) is 9.71. The van der Waals surface area contributed by atoms with E-state index < -0.39 is 10.0 Å². The molecule has 0 unspecified atom stereocenters. The summed E-state index contributed by atoms with van der Waals surface area (Å²) in [6.07, 6.45) is 2.25. The zero-order valence-electron chi connectivity index (χ0n) is 22.9. The third kappa shape index (κ3) is 6.99. The molecule has 2 heterocycles. The van der Waals surface area contributed by atoms with Gasteiger partial charge in [0.05, 0.1) is 28.3 Å². The minimum absolute atomic E-state index is 0.199. The second kappa shape index (κ2) is 13.5. The molecule has 0 saturated carbocycles. The molecule has 0 atom stereocenters. The first-order valence-electron chi connectivity index (χ1n) is 13.5. The zero-order chi connectivity index (χ0) is 28.0. The fraction of sp³-hybridized carbons (Fsp3) is 0.500. The average Bonchev–Trinajstić information content (AvgIpc) is 3.38. The van der Waals surface area contributed by atoms with Crippen LogP contribution in [0.25, 0.3) is 10.2 Å². The minimum Gasteiger partial charge on any atom is -0.379 e. The fourth-order valence-electron chi connectivity index (χ4n) is 4.69. The SMILES string of the molecule is CCCN(CCC)S(=O)(=O)c1ccc(C(=O)N(CCCN2CCOCC2)c2nc3c(C)c(Cl)ccc3s2)cc1. The van der Waals surface area contributed by atoms with Crippen LogP contribution in [0.1, 0.15) is 49.0 Å². The lowest BCUT2D eigenvalue weighted by Crippen LogP contribution is -2.39. The summed E-state index contributed by atoms with van der Waals surface area (Å²) >= 11 is 7.79. The lowest BCUT2D eigenvalue weighted by molar-refractivity contribution is 0.0376. The number of aromatic nitrogens is 1. The van der Waals surface area contributed by atoms with Crippen molar-refractivity contribution >= 4 is 54.2 Å². The molecule has 8 nitrogen and oxygen atoms in total. The van der Waals surface area contributed by atoms with Gasteiger partial charge in [0, 0.05) is 49.9 Å². The van der Waals surface area contributed by atoms with Crippen molar-refractivity contribution in [2.24, 2.45) is 0 Å². The molecule has 1 saturated heterocycles. The van der Waals surface area contributed by atoms with Gasteiger partial charge in [0.15, 0.2) is 5.13 Å². The molecule has 1 aliphatic rings. The Hall–Kier alpha value is -2.08. The number of halogens is 1. The molecule has 2 aromatic carbocycles. The number of carbonyl (C=O) groups is 1. The molecule has 1 amide bonds. The first-order valence-corrected chi connectivity index (χ1v) is 16.2. The van der Waals surface area contributed by atoms with Crippen LogP contribution in [0.2, 0.25) is 5.02 Å². The number of thiazole rings is 1. The van der Waals surface area contributed by atoms with Crippen LogP contribution in [-0.2, 0) is 14.8 Å². The van der Waals surface area contributed by atoms with Crippen LogP contribution in [0.15, 0.2) is 41.3 Å². The highest BCUT2D eigenvalue weighted by atomic mass is 35.5. The molecule has 1 fully saturated rings. The van der Waals surface area contributed by atoms with E-state index in [4.69, 9.17) is 21.3 Å². The number of rotatable bonds is 12. The molecule has 0 spiro atoms. The normalized spacial score (nSPS) is 14.8. The maximum absolute atomic E-state index is 13.8. The maximum atomic E-state index is 13.8. The first-order chi connectivity index (χ1) is 18.8. The number of nitrogens with zero attached hydrogens (tertiary/aromatic N) is 4. The van der Waals surface area contributed by atoms with E-state index in [9.17, 15) is 13.2 Å². The van der Waals surface area contributed by atoms with Gasteiger partial charge in [0.25, 0.3) is 5.91 Å². The van der Waals surface area contributed by atoms with Gasteiger partial charge < -0.3 is 4.74 Å². The van der Waals surface area contributed by atoms with E-state index in [-0.39, 0.29) is 10.8 Å². The molecule has 212 valence electrons. The molecule has 39 heavy (non-hydrogen) atoms. The van der Waals surface area contributed by atoms with Crippen LogP contribution < -0.4 is 4.90 Å². The van der Waals surface area contributed by atoms with Crippen molar-refractivity contribution in [2.45, 2.75) is 44.9 Å². The number of fused-ring (bicyclic) bond motifs is 1. The van der Waals surface area contributed by atoms with Crippen LogP contribution >= 0.6 is 22.9 Å². The fourth-order valence-corrected chi connectivity index (χ4v) is 7.52. The Bertz CT molecular complexity index is 1370. The number of benzene rings is 2. The number of ether oxygens (including phenoxy) is 1. The molecule has 0 N–H and O–H groups in total. The van der Waals surface area contributed by atoms with Crippen molar-refractivity contribution in [1.29, 1.82) is 0 Å². The van der Waals surface area contributed by atoms with Gasteiger partial charge in [-0.25, -0.2) is 13.4 Å². The van der Waals surface area contributed by atoms with Gasteiger partial charge >= 0.3 is 0 Å². The standard InChI is InChI=1S/C28H37ClN4O4S2/c1-4-13-32(14-5-2)39(35,36)23-9-7-22(8-10-23)27(34)33(16-6-15-31-17-19-37-20-18-31)28-30-26-21(3)24(29)11-12-25(26)38-28/h7-12H,4-6,13-20H2,1-3H3. The second-order valence-corrected chi connectivity index (χ2v) is 13.1. The van der Waals surface area contributed by atoms with Gasteiger partial charge in [0.2, 0.25) is 10.0 Å². The predicted octanol–water partition coefficient (Wildman–Crippen LogP) is 5.44. The molecule has 1 aromatic heterocycles. The van der Waals surface area contributed by atoms with Crippen LogP contribution in [-0.4, -0.2) is 81.0 Å². The Morgan fingerprint density at radius 1 is 1.05 bits per heavy atom. The Labute approximate surface area is 240 Å². The molecule has 3 aromatic rings. The molecule has 0 bridgehead atoms. The molecular weight excluding hydrogens is 556 g/mol. The summed E-state index contributed by atoms with van der Waals surface area (Å²) in [5.74, 6) is -0.206. The van der Waals surface area contributed by atoms with Gasteiger partial charge in [-0.1, -0.05) is 36.8 Å². The molecule has 0 aliphatic carbocycles. The predicted molar refractivity (Wildman–Crippen MR) is 159 cm³/mol. The van der Waals surface area contributed by atoms with E-state index in [0.717, 1.165) is 67.9 Å². The summed E-state index contributed by atoms with van der Waals surface area (Å²) in [5, 5.41) is 1.25. The molecule has 0 radical (unpaired) electrons. The van der Waals surface area contributed by atoms with E-state index in [2.05, 4.69) is 4.90 Å². The average molecular weight is 593 g/mol. The van der Waals surface area contributed by atoms with Gasteiger partial charge in [-0.15, -0.1) is 0 Å². The minimum atomic E-state index is -3.62. The number of aryl methyl sites for hydroxylation is 1. The number of hydrogen-bond acceptors (Lipinski definition) is 7. The summed E-state index contributed by atoms with van der Waals surface area (Å²) in [6, 6.07) is 10.1. The van der Waals surface area contributed by atoms with Crippen LogP contribution in [0.4, 0.5) is 5.13 Å². The Kier molecular flexibility index (Phi) is 10.4. The smallest absolute Gasteiger partial charge is 0.260 e. The highest BCUT2D eigenvalue weighted by molar-refractivity contribution is 7.89. The van der Waals surface area contributed by atoms with E-state index in [1.165, 1.54) is 27.8 Å². The van der Waals surface area contributed by atoms with E-state index in [0.29, 0.717) is 35.4 Å². The van der Waals surface area contributed by atoms with Crippen molar-refractivity contribution in [3.05, 3.63) is 52.5 Å². The van der Waals surface area contributed by atoms with Crippen molar-refractivity contribution in [2.75, 3.05) is 57.4 Å². The van der Waals surface area contributed by atoms with Crippen molar-refractivity contribution < 1.29 is 17.9 Å². The van der Waals surface area contributed by atoms with Crippen LogP contribution in [0.5, 0.6) is 0 Å². The molecule has 4 rings (SSSR count). The number of hydrogen-bond donors (Lipinski definition) is 0. The van der Waals surface area contributed by atoms with Crippen LogP contribution in [0.3, 0.4) is 0 Å². The Morgan fingerprint density at radius 3 is 2.36 bits per heavy atom. The summed E-state index contributed by atoms with van der Waals surface area (Å²) in [4.78, 5) is 22.9. The molecular formula is C28H37ClN4O4S2. The monoisotopic (exact) mass is 592 g/mol. The summed E-state index contributed by atoms with van der Waals surface area (Å²) in [6.45, 7) is 11.4. The van der Waals surface area contributed by atoms with Crippen molar-refractivity contribution in [3.8, 4) is 0 Å². The molecule has 1 aliphatic heterocycles. The summed E-state index contributed by atoms with van der Waals surface area (Å²) in [5.41, 5.74) is 2.10. The third-order valence-electron chi connectivity index (χ3n) is 6.86. The Morgan fingerprint density at radius 2 is 1.72 bits per heavy atom. The Balaban J connectivity index is 1.60. The van der Waals surface area contributed by atoms with Gasteiger partial charge in [-0.3, -0.25) is 14.6 Å². The quantitative estimate of drug-likeness (QED) is 0.279. The lowest BCUT2D eigenvalue weighted by Gasteiger charge is -2.27. The van der Waals surface area contributed by atoms with Gasteiger partial charge in [0.1, 0.15) is 0 Å². The number of anilines is 1. The topological polar surface area (TPSA) is 83.1 Å². The number of morpholine rings is 1. The van der Waals surface area contributed by atoms with Crippen molar-refractivity contribution in [3.63, 3.8) is 0 Å². The zero-order valence-corrected chi connectivity index (χ0v) is 25.2. The number of sulfonamides is 1. The van der Waals surface area contributed by atoms with E-state index in [1.807, 2.05) is 32.9 Å². The molecule has 11 heteroatoms. The largest absolute Gasteiger partial charge is 0.379 e. The van der Waals surface area contributed by atoms with Gasteiger partial charge in [-0.2, -0.15) is 4.31 Å². The van der Waals surface area contributed by atoms with Gasteiger partial charge in [-0.05, 0) is 68.1 Å². The lowest BCUT2D eigenvalue weighted by atomic mass is 10.2. The maximum Gasteiger partial charge on any atom is 0.260 e. The third-order valence-corrected chi connectivity index (χ3v) is 10.2. The number of carbonyl (C=O) groups excluding carboxylic acids is 1.